The number of rotatable bonds is 4. The van der Waals surface area contributed by atoms with Crippen molar-refractivity contribution in [3.8, 4) is 0 Å². The predicted octanol–water partition coefficient (Wildman–Crippen LogP) is 3.79. The van der Waals surface area contributed by atoms with Crippen LogP contribution in [0.3, 0.4) is 0 Å². The molecule has 0 aliphatic carbocycles. The Morgan fingerprint density at radius 1 is 1.35 bits per heavy atom. The Labute approximate surface area is 141 Å². The van der Waals surface area contributed by atoms with Crippen molar-refractivity contribution in [3.63, 3.8) is 0 Å². The minimum absolute atomic E-state index is 0.321. The number of imidazole rings is 1. The van der Waals surface area contributed by atoms with Crippen LogP contribution in [0.2, 0.25) is 4.34 Å². The molecule has 0 radical (unpaired) electrons. The first-order chi connectivity index (χ1) is 11.1. The van der Waals surface area contributed by atoms with Crippen molar-refractivity contribution in [1.29, 1.82) is 0 Å². The van der Waals surface area contributed by atoms with Crippen molar-refractivity contribution in [2.45, 2.75) is 6.04 Å². The van der Waals surface area contributed by atoms with Gasteiger partial charge in [-0.05, 0) is 18.2 Å². The van der Waals surface area contributed by atoms with Gasteiger partial charge in [0.15, 0.2) is 0 Å². The van der Waals surface area contributed by atoms with Crippen LogP contribution in [0.15, 0.2) is 48.8 Å². The van der Waals surface area contributed by atoms with Crippen molar-refractivity contribution < 1.29 is 9.18 Å². The average molecular weight is 350 g/mol. The summed E-state index contributed by atoms with van der Waals surface area (Å²) in [4.78, 5) is 17.1. The van der Waals surface area contributed by atoms with Gasteiger partial charge in [-0.3, -0.25) is 4.79 Å². The Kier molecular flexibility index (Phi) is 4.45. The third kappa shape index (κ3) is 3.28. The Morgan fingerprint density at radius 3 is 2.74 bits per heavy atom. The maximum absolute atomic E-state index is 14.2. The van der Waals surface area contributed by atoms with Crippen LogP contribution in [0.4, 0.5) is 4.39 Å². The number of hydrogen-bond donors (Lipinski definition) is 1. The topological polar surface area (TPSA) is 46.9 Å². The molecule has 1 aromatic carbocycles. The highest BCUT2D eigenvalue weighted by atomic mass is 35.5. The molecule has 0 bridgehead atoms. The van der Waals surface area contributed by atoms with Crippen LogP contribution in [0.25, 0.3) is 0 Å². The van der Waals surface area contributed by atoms with Crippen LogP contribution in [0.1, 0.15) is 27.1 Å². The highest BCUT2D eigenvalue weighted by molar-refractivity contribution is 7.18. The number of amides is 1. The number of carbonyl (C=O) groups is 1. The quantitative estimate of drug-likeness (QED) is 0.779. The number of thiophene rings is 1. The Morgan fingerprint density at radius 2 is 2.13 bits per heavy atom. The fourth-order valence-corrected chi connectivity index (χ4v) is 3.23. The van der Waals surface area contributed by atoms with Crippen molar-refractivity contribution in [2.24, 2.45) is 7.05 Å². The molecule has 2 heterocycles. The van der Waals surface area contributed by atoms with Gasteiger partial charge in [-0.2, -0.15) is 0 Å². The zero-order chi connectivity index (χ0) is 16.4. The number of aromatic nitrogens is 2. The first kappa shape index (κ1) is 15.7. The molecular formula is C16H13ClFN3OS. The number of nitrogens with zero attached hydrogens (tertiary/aromatic N) is 2. The second-order valence-electron chi connectivity index (χ2n) is 4.93. The van der Waals surface area contributed by atoms with Crippen molar-refractivity contribution >= 4 is 28.8 Å². The second kappa shape index (κ2) is 6.52. The lowest BCUT2D eigenvalue weighted by Crippen LogP contribution is -2.31. The maximum atomic E-state index is 14.2. The number of aryl methyl sites for hydroxylation is 1. The van der Waals surface area contributed by atoms with Gasteiger partial charge >= 0.3 is 0 Å². The van der Waals surface area contributed by atoms with E-state index in [9.17, 15) is 9.18 Å². The molecule has 2 aromatic heterocycles. The minimum atomic E-state index is -0.690. The summed E-state index contributed by atoms with van der Waals surface area (Å²) in [6.45, 7) is 0. The Balaban J connectivity index is 1.98. The molecule has 0 saturated heterocycles. The highest BCUT2D eigenvalue weighted by Crippen LogP contribution is 2.26. The first-order valence-corrected chi connectivity index (χ1v) is 8.03. The van der Waals surface area contributed by atoms with Crippen LogP contribution in [0.5, 0.6) is 0 Å². The van der Waals surface area contributed by atoms with E-state index >= 15 is 0 Å². The van der Waals surface area contributed by atoms with Gasteiger partial charge in [0.05, 0.1) is 9.21 Å². The van der Waals surface area contributed by atoms with Gasteiger partial charge < -0.3 is 9.88 Å². The van der Waals surface area contributed by atoms with E-state index in [0.29, 0.717) is 20.6 Å². The third-order valence-electron chi connectivity index (χ3n) is 3.41. The number of benzene rings is 1. The van der Waals surface area contributed by atoms with Gasteiger partial charge in [-0.1, -0.05) is 29.8 Å². The summed E-state index contributed by atoms with van der Waals surface area (Å²) in [5.74, 6) is -0.172. The molecular weight excluding hydrogens is 337 g/mol. The number of halogens is 2. The van der Waals surface area contributed by atoms with E-state index in [1.807, 2.05) is 0 Å². The first-order valence-electron chi connectivity index (χ1n) is 6.84. The molecule has 1 unspecified atom stereocenters. The van der Waals surface area contributed by atoms with Crippen LogP contribution < -0.4 is 5.32 Å². The predicted molar refractivity (Wildman–Crippen MR) is 88.2 cm³/mol. The van der Waals surface area contributed by atoms with Crippen molar-refractivity contribution in [1.82, 2.24) is 14.9 Å². The third-order valence-corrected chi connectivity index (χ3v) is 4.64. The SMILES string of the molecule is Cn1ccnc1C(NC(=O)c1ccc(Cl)s1)c1ccccc1F. The van der Waals surface area contributed by atoms with E-state index in [1.165, 1.54) is 17.4 Å². The van der Waals surface area contributed by atoms with Gasteiger partial charge in [0.1, 0.15) is 17.7 Å². The molecule has 3 rings (SSSR count). The summed E-state index contributed by atoms with van der Waals surface area (Å²) < 4.78 is 16.5. The fourth-order valence-electron chi connectivity index (χ4n) is 2.28. The molecule has 1 atom stereocenters. The summed E-state index contributed by atoms with van der Waals surface area (Å²) >= 11 is 7.04. The van der Waals surface area contributed by atoms with E-state index in [4.69, 9.17) is 11.6 Å². The van der Waals surface area contributed by atoms with Crippen LogP contribution in [-0.2, 0) is 7.05 Å². The maximum Gasteiger partial charge on any atom is 0.262 e. The summed E-state index contributed by atoms with van der Waals surface area (Å²) in [6, 6.07) is 8.93. The molecule has 118 valence electrons. The summed E-state index contributed by atoms with van der Waals surface area (Å²) in [5.41, 5.74) is 0.359. The largest absolute Gasteiger partial charge is 0.337 e. The molecule has 0 fully saturated rings. The van der Waals surface area contributed by atoms with E-state index in [2.05, 4.69) is 10.3 Å². The Bertz CT molecular complexity index is 845. The molecule has 0 spiro atoms. The molecule has 0 saturated carbocycles. The van der Waals surface area contributed by atoms with E-state index in [0.717, 1.165) is 0 Å². The van der Waals surface area contributed by atoms with E-state index in [-0.39, 0.29) is 5.91 Å². The number of hydrogen-bond acceptors (Lipinski definition) is 3. The molecule has 3 aromatic rings. The molecule has 23 heavy (non-hydrogen) atoms. The summed E-state index contributed by atoms with van der Waals surface area (Å²) in [7, 11) is 1.80. The normalized spacial score (nSPS) is 12.1. The lowest BCUT2D eigenvalue weighted by molar-refractivity contribution is 0.0945. The zero-order valence-electron chi connectivity index (χ0n) is 12.2. The smallest absolute Gasteiger partial charge is 0.262 e. The Hall–Kier alpha value is -2.18. The number of nitrogens with one attached hydrogen (secondary N) is 1. The van der Waals surface area contributed by atoms with Crippen LogP contribution in [-0.4, -0.2) is 15.5 Å². The van der Waals surface area contributed by atoms with Gasteiger partial charge in [-0.25, -0.2) is 9.37 Å². The van der Waals surface area contributed by atoms with Gasteiger partial charge in [0, 0.05) is 25.0 Å². The van der Waals surface area contributed by atoms with Gasteiger partial charge in [0.25, 0.3) is 5.91 Å². The number of carbonyl (C=O) groups excluding carboxylic acids is 1. The molecule has 1 N–H and O–H groups in total. The molecule has 1 amide bonds. The minimum Gasteiger partial charge on any atom is -0.337 e. The van der Waals surface area contributed by atoms with Crippen LogP contribution in [0, 0.1) is 5.82 Å². The lowest BCUT2D eigenvalue weighted by atomic mass is 10.1. The highest BCUT2D eigenvalue weighted by Gasteiger charge is 2.24. The molecule has 0 aliphatic heterocycles. The zero-order valence-corrected chi connectivity index (χ0v) is 13.7. The average Bonchev–Trinajstić information content (AvgIpc) is 3.14. The van der Waals surface area contributed by atoms with Crippen LogP contribution >= 0.6 is 22.9 Å². The molecule has 4 nitrogen and oxygen atoms in total. The lowest BCUT2D eigenvalue weighted by Gasteiger charge is -2.19. The molecule has 7 heteroatoms. The molecule has 0 aliphatic rings. The summed E-state index contributed by atoms with van der Waals surface area (Å²) in [5, 5.41) is 2.84. The van der Waals surface area contributed by atoms with Crippen molar-refractivity contribution in [2.75, 3.05) is 0 Å². The van der Waals surface area contributed by atoms with Gasteiger partial charge in [0.2, 0.25) is 0 Å². The van der Waals surface area contributed by atoms with Gasteiger partial charge in [-0.15, -0.1) is 11.3 Å². The van der Waals surface area contributed by atoms with E-state index < -0.39 is 11.9 Å². The standard InChI is InChI=1S/C16H13ClFN3OS/c1-21-9-8-19-15(21)14(10-4-2-3-5-11(10)18)20-16(22)12-6-7-13(17)23-12/h2-9,14H,1H3,(H,20,22). The van der Waals surface area contributed by atoms with Crippen molar-refractivity contribution in [3.05, 3.63) is 75.2 Å². The fraction of sp³-hybridized carbons (Fsp3) is 0.125. The second-order valence-corrected chi connectivity index (χ2v) is 6.64. The summed E-state index contributed by atoms with van der Waals surface area (Å²) in [6.07, 6.45) is 3.36. The van der Waals surface area contributed by atoms with E-state index in [1.54, 1.807) is 54.3 Å². The monoisotopic (exact) mass is 349 g/mol.